The van der Waals surface area contributed by atoms with Crippen molar-refractivity contribution in [1.29, 1.82) is 0 Å². The molecular formula is C16H15FN4OS2. The number of aromatic amines is 1. The summed E-state index contributed by atoms with van der Waals surface area (Å²) in [5.74, 6) is 0.522. The second-order valence-corrected chi connectivity index (χ2v) is 6.74. The van der Waals surface area contributed by atoms with Gasteiger partial charge in [0.2, 0.25) is 11.1 Å². The van der Waals surface area contributed by atoms with E-state index in [1.165, 1.54) is 23.9 Å². The lowest BCUT2D eigenvalue weighted by Gasteiger charge is -2.20. The van der Waals surface area contributed by atoms with Gasteiger partial charge in [-0.1, -0.05) is 17.8 Å². The first-order chi connectivity index (χ1) is 11.7. The Hall–Kier alpha value is -2.19. The van der Waals surface area contributed by atoms with Gasteiger partial charge in [0.1, 0.15) is 5.82 Å². The van der Waals surface area contributed by atoms with Crippen molar-refractivity contribution in [2.45, 2.75) is 12.1 Å². The predicted octanol–water partition coefficient (Wildman–Crippen LogP) is 3.82. The van der Waals surface area contributed by atoms with Crippen LogP contribution in [0.15, 0.2) is 46.9 Å². The average Bonchev–Trinajstić information content (AvgIpc) is 3.26. The van der Waals surface area contributed by atoms with E-state index < -0.39 is 0 Å². The second-order valence-electron chi connectivity index (χ2n) is 4.85. The Labute approximate surface area is 146 Å². The first kappa shape index (κ1) is 16.7. The predicted molar refractivity (Wildman–Crippen MR) is 94.8 cm³/mol. The Morgan fingerprint density at radius 3 is 2.79 bits per heavy atom. The molecule has 124 valence electrons. The molecule has 8 heteroatoms. The number of anilines is 1. The Bertz CT molecular complexity index is 802. The van der Waals surface area contributed by atoms with Crippen molar-refractivity contribution in [3.05, 3.63) is 47.6 Å². The molecule has 0 saturated carbocycles. The highest BCUT2D eigenvalue weighted by Crippen LogP contribution is 2.24. The molecule has 3 aromatic rings. The van der Waals surface area contributed by atoms with Gasteiger partial charge >= 0.3 is 0 Å². The molecule has 3 rings (SSSR count). The maximum absolute atomic E-state index is 13.0. The molecule has 0 radical (unpaired) electrons. The van der Waals surface area contributed by atoms with Crippen molar-refractivity contribution in [2.24, 2.45) is 0 Å². The molecule has 0 bridgehead atoms. The van der Waals surface area contributed by atoms with E-state index in [9.17, 15) is 9.18 Å². The lowest BCUT2D eigenvalue weighted by Crippen LogP contribution is -2.32. The second kappa shape index (κ2) is 7.59. The molecule has 0 saturated heterocycles. The number of hydrogen-bond acceptors (Lipinski definition) is 5. The number of nitrogens with one attached hydrogen (secondary N) is 1. The third-order valence-corrected chi connectivity index (χ3v) is 5.01. The first-order valence-corrected chi connectivity index (χ1v) is 9.19. The first-order valence-electron chi connectivity index (χ1n) is 7.32. The van der Waals surface area contributed by atoms with Crippen molar-refractivity contribution < 1.29 is 9.18 Å². The number of rotatable bonds is 6. The van der Waals surface area contributed by atoms with E-state index in [0.717, 1.165) is 4.88 Å². The standard InChI is InChI=1S/C16H15FN4OS2/c1-2-21(12-7-5-11(17)6-8-12)14(22)10-24-16-18-15(19-20-16)13-4-3-9-23-13/h3-9H,2,10H2,1H3,(H,18,19,20). The Kier molecular flexibility index (Phi) is 5.27. The maximum Gasteiger partial charge on any atom is 0.237 e. The monoisotopic (exact) mass is 362 g/mol. The fraction of sp³-hybridized carbons (Fsp3) is 0.188. The minimum absolute atomic E-state index is 0.0726. The van der Waals surface area contributed by atoms with Gasteiger partial charge in [0, 0.05) is 12.2 Å². The van der Waals surface area contributed by atoms with Crippen LogP contribution in [0.5, 0.6) is 0 Å². The number of amides is 1. The highest BCUT2D eigenvalue weighted by atomic mass is 32.2. The summed E-state index contributed by atoms with van der Waals surface area (Å²) in [5.41, 5.74) is 0.679. The van der Waals surface area contributed by atoms with Crippen LogP contribution in [0.25, 0.3) is 10.7 Å². The molecular weight excluding hydrogens is 347 g/mol. The Balaban J connectivity index is 1.63. The minimum atomic E-state index is -0.321. The van der Waals surface area contributed by atoms with E-state index >= 15 is 0 Å². The van der Waals surface area contributed by atoms with Crippen LogP contribution < -0.4 is 4.90 Å². The van der Waals surface area contributed by atoms with Crippen molar-refractivity contribution in [2.75, 3.05) is 17.2 Å². The van der Waals surface area contributed by atoms with E-state index in [1.54, 1.807) is 28.4 Å². The molecule has 0 fully saturated rings. The van der Waals surface area contributed by atoms with Crippen LogP contribution in [0.1, 0.15) is 6.92 Å². The third kappa shape index (κ3) is 3.82. The number of nitrogens with zero attached hydrogens (tertiary/aromatic N) is 3. The van der Waals surface area contributed by atoms with Crippen LogP contribution in [0, 0.1) is 5.82 Å². The quantitative estimate of drug-likeness (QED) is 0.677. The number of hydrogen-bond donors (Lipinski definition) is 1. The summed E-state index contributed by atoms with van der Waals surface area (Å²) in [7, 11) is 0. The molecule has 1 aromatic carbocycles. The summed E-state index contributed by atoms with van der Waals surface area (Å²) in [6, 6.07) is 9.80. The Morgan fingerprint density at radius 2 is 2.12 bits per heavy atom. The number of thioether (sulfide) groups is 1. The van der Waals surface area contributed by atoms with Crippen LogP contribution in [0.4, 0.5) is 10.1 Å². The van der Waals surface area contributed by atoms with Crippen LogP contribution in [0.2, 0.25) is 0 Å². The number of H-pyrrole nitrogens is 1. The third-order valence-electron chi connectivity index (χ3n) is 3.30. The van der Waals surface area contributed by atoms with E-state index in [0.29, 0.717) is 23.2 Å². The lowest BCUT2D eigenvalue weighted by molar-refractivity contribution is -0.116. The van der Waals surface area contributed by atoms with Gasteiger partial charge in [-0.25, -0.2) is 9.37 Å². The van der Waals surface area contributed by atoms with E-state index in [2.05, 4.69) is 15.2 Å². The highest BCUT2D eigenvalue weighted by molar-refractivity contribution is 7.99. The topological polar surface area (TPSA) is 61.9 Å². The number of halogens is 1. The number of carbonyl (C=O) groups is 1. The van der Waals surface area contributed by atoms with Gasteiger partial charge < -0.3 is 4.90 Å². The molecule has 1 amide bonds. The molecule has 0 atom stereocenters. The van der Waals surface area contributed by atoms with Gasteiger partial charge in [-0.3, -0.25) is 9.89 Å². The SMILES string of the molecule is CCN(C(=O)CSc1n[nH]c(-c2cccs2)n1)c1ccc(F)cc1. The van der Waals surface area contributed by atoms with E-state index in [-0.39, 0.29) is 17.5 Å². The molecule has 5 nitrogen and oxygen atoms in total. The zero-order valence-corrected chi connectivity index (χ0v) is 14.5. The molecule has 24 heavy (non-hydrogen) atoms. The van der Waals surface area contributed by atoms with Crippen LogP contribution in [-0.4, -0.2) is 33.4 Å². The van der Waals surface area contributed by atoms with Crippen molar-refractivity contribution >= 4 is 34.7 Å². The van der Waals surface area contributed by atoms with Gasteiger partial charge in [0.05, 0.1) is 10.6 Å². The zero-order valence-electron chi connectivity index (χ0n) is 12.9. The number of carbonyl (C=O) groups excluding carboxylic acids is 1. The smallest absolute Gasteiger partial charge is 0.237 e. The van der Waals surface area contributed by atoms with Crippen molar-refractivity contribution in [1.82, 2.24) is 15.2 Å². The molecule has 2 aromatic heterocycles. The van der Waals surface area contributed by atoms with E-state index in [1.807, 2.05) is 24.4 Å². The van der Waals surface area contributed by atoms with Gasteiger partial charge in [0.25, 0.3) is 0 Å². The maximum atomic E-state index is 13.0. The molecule has 1 N–H and O–H groups in total. The van der Waals surface area contributed by atoms with Crippen LogP contribution in [0.3, 0.4) is 0 Å². The summed E-state index contributed by atoms with van der Waals surface area (Å²) < 4.78 is 13.0. The van der Waals surface area contributed by atoms with Crippen molar-refractivity contribution in [3.8, 4) is 10.7 Å². The zero-order chi connectivity index (χ0) is 16.9. The fourth-order valence-corrected chi connectivity index (χ4v) is 3.50. The normalized spacial score (nSPS) is 10.8. The summed E-state index contributed by atoms with van der Waals surface area (Å²) >= 11 is 2.85. The molecule has 0 unspecified atom stereocenters. The summed E-state index contributed by atoms with van der Waals surface area (Å²) in [5, 5.41) is 9.50. The minimum Gasteiger partial charge on any atom is -0.312 e. The highest BCUT2D eigenvalue weighted by Gasteiger charge is 2.16. The number of thiophene rings is 1. The van der Waals surface area contributed by atoms with Gasteiger partial charge in [-0.05, 0) is 42.6 Å². The molecule has 2 heterocycles. The summed E-state index contributed by atoms with van der Waals surface area (Å²) in [6.07, 6.45) is 0. The van der Waals surface area contributed by atoms with Gasteiger partial charge in [0.15, 0.2) is 5.82 Å². The molecule has 0 aliphatic rings. The lowest BCUT2D eigenvalue weighted by atomic mass is 10.3. The van der Waals surface area contributed by atoms with Crippen molar-refractivity contribution in [3.63, 3.8) is 0 Å². The van der Waals surface area contributed by atoms with E-state index in [4.69, 9.17) is 0 Å². The summed E-state index contributed by atoms with van der Waals surface area (Å²) in [6.45, 7) is 2.40. The van der Waals surface area contributed by atoms with Crippen LogP contribution >= 0.6 is 23.1 Å². The molecule has 0 aliphatic carbocycles. The average molecular weight is 362 g/mol. The summed E-state index contributed by atoms with van der Waals surface area (Å²) in [4.78, 5) is 19.4. The number of benzene rings is 1. The van der Waals surface area contributed by atoms with Crippen LogP contribution in [-0.2, 0) is 4.79 Å². The largest absolute Gasteiger partial charge is 0.312 e. The fourth-order valence-electron chi connectivity index (χ4n) is 2.16. The van der Waals surface area contributed by atoms with Gasteiger partial charge in [-0.2, -0.15) is 0 Å². The Morgan fingerprint density at radius 1 is 1.33 bits per heavy atom. The number of aromatic nitrogens is 3. The molecule has 0 spiro atoms. The van der Waals surface area contributed by atoms with Gasteiger partial charge in [-0.15, -0.1) is 16.4 Å². The molecule has 0 aliphatic heterocycles.